The molecule has 0 bridgehead atoms. The highest BCUT2D eigenvalue weighted by Gasteiger charge is 2.10. The summed E-state index contributed by atoms with van der Waals surface area (Å²) in [4.78, 5) is 11.3. The quantitative estimate of drug-likeness (QED) is 0.464. The Kier molecular flexibility index (Phi) is 4.54. The summed E-state index contributed by atoms with van der Waals surface area (Å²) in [6.07, 6.45) is 0. The molecular formula is C11H9ClO2S. The highest BCUT2D eigenvalue weighted by atomic mass is 35.5. The lowest BCUT2D eigenvalue weighted by Gasteiger charge is -2.02. The largest absolute Gasteiger partial charge is 0.465 e. The summed E-state index contributed by atoms with van der Waals surface area (Å²) in [5.74, 6) is 5.64. The number of carbonyl (C=O) groups excluding carboxylic acids is 1. The van der Waals surface area contributed by atoms with E-state index < -0.39 is 5.97 Å². The van der Waals surface area contributed by atoms with Gasteiger partial charge in [-0.2, -0.15) is 12.6 Å². The fourth-order valence-electron chi connectivity index (χ4n) is 1.01. The first-order chi connectivity index (χ1) is 7.19. The molecule has 0 saturated heterocycles. The molecule has 0 aliphatic carbocycles. The minimum absolute atomic E-state index is 0.324. The number of esters is 1. The van der Waals surface area contributed by atoms with Crippen molar-refractivity contribution < 1.29 is 9.53 Å². The van der Waals surface area contributed by atoms with Gasteiger partial charge in [0.1, 0.15) is 0 Å². The van der Waals surface area contributed by atoms with Crippen molar-refractivity contribution in [2.45, 2.75) is 0 Å². The molecule has 0 atom stereocenters. The summed E-state index contributed by atoms with van der Waals surface area (Å²) in [5.41, 5.74) is 1.04. The van der Waals surface area contributed by atoms with Crippen molar-refractivity contribution >= 4 is 30.2 Å². The standard InChI is InChI=1S/C11H9ClO2S/c1-14-11(13)9-7-8(3-2-6-15)4-5-10(9)12/h4-5,7,15H,6H2,1H3. The zero-order valence-electron chi connectivity index (χ0n) is 8.08. The molecule has 0 fully saturated rings. The maximum atomic E-state index is 11.3. The summed E-state index contributed by atoms with van der Waals surface area (Å²) in [6.45, 7) is 0. The van der Waals surface area contributed by atoms with Gasteiger partial charge < -0.3 is 4.74 Å². The summed E-state index contributed by atoms with van der Waals surface area (Å²) in [5, 5.41) is 0.360. The van der Waals surface area contributed by atoms with Gasteiger partial charge in [0.05, 0.1) is 23.4 Å². The van der Waals surface area contributed by atoms with Crippen molar-refractivity contribution in [3.63, 3.8) is 0 Å². The molecule has 0 aromatic heterocycles. The monoisotopic (exact) mass is 240 g/mol. The fraction of sp³-hybridized carbons (Fsp3) is 0.182. The van der Waals surface area contributed by atoms with Crippen LogP contribution >= 0.6 is 24.2 Å². The van der Waals surface area contributed by atoms with Gasteiger partial charge in [-0.1, -0.05) is 23.4 Å². The van der Waals surface area contributed by atoms with E-state index >= 15 is 0 Å². The van der Waals surface area contributed by atoms with Crippen LogP contribution in [0.15, 0.2) is 18.2 Å². The molecule has 0 amide bonds. The van der Waals surface area contributed by atoms with Gasteiger partial charge in [-0.05, 0) is 18.2 Å². The number of ether oxygens (including phenoxy) is 1. The molecule has 15 heavy (non-hydrogen) atoms. The van der Waals surface area contributed by atoms with Crippen LogP contribution in [0.2, 0.25) is 5.02 Å². The van der Waals surface area contributed by atoms with Gasteiger partial charge in [-0.25, -0.2) is 4.79 Å². The summed E-state index contributed by atoms with van der Waals surface area (Å²) in [7, 11) is 1.31. The molecule has 0 unspecified atom stereocenters. The van der Waals surface area contributed by atoms with Crippen LogP contribution in [0, 0.1) is 11.8 Å². The van der Waals surface area contributed by atoms with Crippen LogP contribution in [-0.4, -0.2) is 18.8 Å². The predicted molar refractivity (Wildman–Crippen MR) is 63.5 cm³/mol. The SMILES string of the molecule is COC(=O)c1cc(C#CCS)ccc1Cl. The molecule has 4 heteroatoms. The van der Waals surface area contributed by atoms with Crippen LogP contribution in [0.25, 0.3) is 0 Å². The van der Waals surface area contributed by atoms with E-state index in [1.807, 2.05) is 0 Å². The van der Waals surface area contributed by atoms with E-state index in [4.69, 9.17) is 11.6 Å². The first-order valence-electron chi connectivity index (χ1n) is 4.16. The number of carbonyl (C=O) groups is 1. The zero-order chi connectivity index (χ0) is 11.3. The third-order valence-electron chi connectivity index (χ3n) is 1.68. The van der Waals surface area contributed by atoms with E-state index in [0.717, 1.165) is 0 Å². The normalized spacial score (nSPS) is 9.00. The van der Waals surface area contributed by atoms with Crippen molar-refractivity contribution in [2.24, 2.45) is 0 Å². The lowest BCUT2D eigenvalue weighted by Crippen LogP contribution is -2.02. The molecule has 2 nitrogen and oxygen atoms in total. The molecule has 1 aromatic carbocycles. The average Bonchev–Trinajstić information content (AvgIpc) is 2.27. The molecule has 1 aromatic rings. The Morgan fingerprint density at radius 3 is 2.93 bits per heavy atom. The Morgan fingerprint density at radius 1 is 1.60 bits per heavy atom. The summed E-state index contributed by atoms with van der Waals surface area (Å²) < 4.78 is 4.59. The van der Waals surface area contributed by atoms with Gasteiger partial charge in [0.2, 0.25) is 0 Å². The lowest BCUT2D eigenvalue weighted by molar-refractivity contribution is 0.0601. The number of methoxy groups -OCH3 is 1. The Labute approximate surface area is 99.0 Å². The van der Waals surface area contributed by atoms with Gasteiger partial charge in [-0.15, -0.1) is 0 Å². The molecule has 1 rings (SSSR count). The van der Waals surface area contributed by atoms with Gasteiger partial charge in [0, 0.05) is 5.56 Å². The molecule has 0 heterocycles. The first-order valence-corrected chi connectivity index (χ1v) is 5.17. The lowest BCUT2D eigenvalue weighted by atomic mass is 10.1. The number of rotatable bonds is 1. The van der Waals surface area contributed by atoms with E-state index in [1.165, 1.54) is 7.11 Å². The third-order valence-corrected chi connectivity index (χ3v) is 2.17. The van der Waals surface area contributed by atoms with Crippen LogP contribution < -0.4 is 0 Å². The van der Waals surface area contributed by atoms with Gasteiger partial charge >= 0.3 is 5.97 Å². The van der Waals surface area contributed by atoms with E-state index in [0.29, 0.717) is 21.9 Å². The first kappa shape index (κ1) is 12.0. The van der Waals surface area contributed by atoms with Crippen LogP contribution in [-0.2, 0) is 4.74 Å². The van der Waals surface area contributed by atoms with Crippen LogP contribution in [0.3, 0.4) is 0 Å². The van der Waals surface area contributed by atoms with E-state index in [9.17, 15) is 4.79 Å². The van der Waals surface area contributed by atoms with Crippen molar-refractivity contribution in [2.75, 3.05) is 12.9 Å². The van der Waals surface area contributed by atoms with E-state index in [2.05, 4.69) is 29.2 Å². The van der Waals surface area contributed by atoms with E-state index in [-0.39, 0.29) is 0 Å². The number of benzene rings is 1. The fourth-order valence-corrected chi connectivity index (χ4v) is 1.28. The molecule has 0 N–H and O–H groups in total. The van der Waals surface area contributed by atoms with Crippen molar-refractivity contribution in [3.05, 3.63) is 34.3 Å². The van der Waals surface area contributed by atoms with Gasteiger partial charge in [-0.3, -0.25) is 0 Å². The third kappa shape index (κ3) is 3.19. The Morgan fingerprint density at radius 2 is 2.33 bits per heavy atom. The van der Waals surface area contributed by atoms with E-state index in [1.54, 1.807) is 18.2 Å². The Bertz CT molecular complexity index is 432. The second kappa shape index (κ2) is 5.69. The zero-order valence-corrected chi connectivity index (χ0v) is 9.73. The Balaban J connectivity index is 3.10. The average molecular weight is 241 g/mol. The van der Waals surface area contributed by atoms with Gasteiger partial charge in [0.25, 0.3) is 0 Å². The molecular weight excluding hydrogens is 232 g/mol. The van der Waals surface area contributed by atoms with Crippen molar-refractivity contribution in [3.8, 4) is 11.8 Å². The maximum Gasteiger partial charge on any atom is 0.339 e. The topological polar surface area (TPSA) is 26.3 Å². The second-order valence-corrected chi connectivity index (χ2v) is 3.37. The minimum Gasteiger partial charge on any atom is -0.465 e. The highest BCUT2D eigenvalue weighted by Crippen LogP contribution is 2.18. The van der Waals surface area contributed by atoms with Crippen molar-refractivity contribution in [1.29, 1.82) is 0 Å². The second-order valence-electron chi connectivity index (χ2n) is 2.65. The minimum atomic E-state index is -0.463. The molecule has 0 spiro atoms. The number of hydrogen-bond donors (Lipinski definition) is 1. The highest BCUT2D eigenvalue weighted by molar-refractivity contribution is 7.80. The number of halogens is 1. The van der Waals surface area contributed by atoms with Crippen LogP contribution in [0.5, 0.6) is 0 Å². The van der Waals surface area contributed by atoms with Crippen LogP contribution in [0.4, 0.5) is 0 Å². The molecule has 0 aliphatic rings. The summed E-state index contributed by atoms with van der Waals surface area (Å²) >= 11 is 9.80. The smallest absolute Gasteiger partial charge is 0.339 e. The summed E-state index contributed by atoms with van der Waals surface area (Å²) in [6, 6.07) is 4.96. The number of thiol groups is 1. The Hall–Kier alpha value is -1.11. The molecule has 0 aliphatic heterocycles. The van der Waals surface area contributed by atoms with Gasteiger partial charge in [0.15, 0.2) is 0 Å². The molecule has 0 radical (unpaired) electrons. The maximum absolute atomic E-state index is 11.3. The predicted octanol–water partition coefficient (Wildman–Crippen LogP) is 2.41. The van der Waals surface area contributed by atoms with Crippen LogP contribution in [0.1, 0.15) is 15.9 Å². The van der Waals surface area contributed by atoms with Crippen molar-refractivity contribution in [1.82, 2.24) is 0 Å². The molecule has 0 saturated carbocycles. The molecule has 78 valence electrons. The number of hydrogen-bond acceptors (Lipinski definition) is 3.